The Hall–Kier alpha value is -1.42. The third kappa shape index (κ3) is 1.26. The molecule has 4 heteroatoms. The van der Waals surface area contributed by atoms with Crippen LogP contribution in [-0.2, 0) is 5.41 Å². The smallest absolute Gasteiger partial charge is 0.159 e. The second-order valence-corrected chi connectivity index (χ2v) is 4.78. The molecule has 0 saturated heterocycles. The first kappa shape index (κ1) is 9.78. The minimum Gasteiger partial charge on any atom is -0.329 e. The standard InChI is InChI=1S/C12H16N4/c1-9-3-6-16-10(7-9)14-11(15-16)12(8-13)4-2-5-12/h3,6-7H,2,4-5,8,13H2,1H3. The highest BCUT2D eigenvalue weighted by atomic mass is 15.3. The van der Waals surface area contributed by atoms with Crippen molar-refractivity contribution in [2.24, 2.45) is 5.73 Å². The fourth-order valence-electron chi connectivity index (χ4n) is 2.33. The summed E-state index contributed by atoms with van der Waals surface area (Å²) in [4.78, 5) is 4.61. The summed E-state index contributed by atoms with van der Waals surface area (Å²) in [7, 11) is 0. The van der Waals surface area contributed by atoms with Gasteiger partial charge in [0.2, 0.25) is 0 Å². The number of fused-ring (bicyclic) bond motifs is 1. The minimum atomic E-state index is 0.0555. The van der Waals surface area contributed by atoms with Crippen molar-refractivity contribution < 1.29 is 0 Å². The number of nitrogens with two attached hydrogens (primary N) is 1. The molecule has 1 fully saturated rings. The van der Waals surface area contributed by atoms with E-state index in [9.17, 15) is 0 Å². The van der Waals surface area contributed by atoms with Gasteiger partial charge in [-0.25, -0.2) is 9.50 Å². The molecule has 1 aliphatic carbocycles. The van der Waals surface area contributed by atoms with Gasteiger partial charge in [-0.2, -0.15) is 5.10 Å². The molecule has 0 aromatic carbocycles. The van der Waals surface area contributed by atoms with Gasteiger partial charge in [0.25, 0.3) is 0 Å². The van der Waals surface area contributed by atoms with Crippen molar-refractivity contribution in [2.45, 2.75) is 31.6 Å². The molecule has 4 nitrogen and oxygen atoms in total. The predicted octanol–water partition coefficient (Wildman–Crippen LogP) is 1.42. The molecule has 2 heterocycles. The van der Waals surface area contributed by atoms with Crippen LogP contribution in [0.25, 0.3) is 5.65 Å². The molecule has 0 unspecified atom stereocenters. The Morgan fingerprint density at radius 1 is 1.50 bits per heavy atom. The van der Waals surface area contributed by atoms with Crippen molar-refractivity contribution in [3.05, 3.63) is 29.7 Å². The average molecular weight is 216 g/mol. The number of hydrogen-bond donors (Lipinski definition) is 1. The predicted molar refractivity (Wildman–Crippen MR) is 62.3 cm³/mol. The largest absolute Gasteiger partial charge is 0.329 e. The maximum absolute atomic E-state index is 5.86. The molecule has 0 bridgehead atoms. The van der Waals surface area contributed by atoms with Crippen molar-refractivity contribution in [3.8, 4) is 0 Å². The lowest BCUT2D eigenvalue weighted by atomic mass is 9.68. The molecule has 0 atom stereocenters. The van der Waals surface area contributed by atoms with Crippen molar-refractivity contribution in [3.63, 3.8) is 0 Å². The molecule has 2 aromatic heterocycles. The van der Waals surface area contributed by atoms with Crippen molar-refractivity contribution in [1.82, 2.24) is 14.6 Å². The number of rotatable bonds is 2. The van der Waals surface area contributed by atoms with Gasteiger partial charge in [-0.15, -0.1) is 0 Å². The van der Waals surface area contributed by atoms with E-state index in [4.69, 9.17) is 5.73 Å². The lowest BCUT2D eigenvalue weighted by Gasteiger charge is -2.38. The van der Waals surface area contributed by atoms with E-state index < -0.39 is 0 Å². The summed E-state index contributed by atoms with van der Waals surface area (Å²) in [5, 5.41) is 4.54. The number of aromatic nitrogens is 3. The van der Waals surface area contributed by atoms with Crippen LogP contribution >= 0.6 is 0 Å². The minimum absolute atomic E-state index is 0.0555. The Kier molecular flexibility index (Phi) is 2.01. The van der Waals surface area contributed by atoms with Crippen LogP contribution in [-0.4, -0.2) is 21.1 Å². The van der Waals surface area contributed by atoms with Gasteiger partial charge in [-0.1, -0.05) is 6.42 Å². The maximum atomic E-state index is 5.86. The van der Waals surface area contributed by atoms with E-state index >= 15 is 0 Å². The van der Waals surface area contributed by atoms with Gasteiger partial charge < -0.3 is 5.73 Å². The molecule has 0 aliphatic heterocycles. The van der Waals surface area contributed by atoms with Crippen LogP contribution in [0.2, 0.25) is 0 Å². The lowest BCUT2D eigenvalue weighted by molar-refractivity contribution is 0.238. The summed E-state index contributed by atoms with van der Waals surface area (Å²) in [6.45, 7) is 2.72. The van der Waals surface area contributed by atoms with Gasteiger partial charge in [0.05, 0.1) is 0 Å². The molecule has 16 heavy (non-hydrogen) atoms. The fourth-order valence-corrected chi connectivity index (χ4v) is 2.33. The molecule has 3 rings (SSSR count). The van der Waals surface area contributed by atoms with E-state index in [0.29, 0.717) is 6.54 Å². The molecule has 84 valence electrons. The van der Waals surface area contributed by atoms with Gasteiger partial charge in [0.1, 0.15) is 0 Å². The highest BCUT2D eigenvalue weighted by Crippen LogP contribution is 2.41. The van der Waals surface area contributed by atoms with E-state index in [-0.39, 0.29) is 5.41 Å². The quantitative estimate of drug-likeness (QED) is 0.826. The SMILES string of the molecule is Cc1ccn2nc(C3(CN)CCC3)nc2c1. The molecular weight excluding hydrogens is 200 g/mol. The lowest BCUT2D eigenvalue weighted by Crippen LogP contribution is -2.42. The molecule has 2 N–H and O–H groups in total. The third-order valence-corrected chi connectivity index (χ3v) is 3.67. The first-order chi connectivity index (χ1) is 7.73. The van der Waals surface area contributed by atoms with Crippen LogP contribution in [0.4, 0.5) is 0 Å². The summed E-state index contributed by atoms with van der Waals surface area (Å²) < 4.78 is 1.85. The van der Waals surface area contributed by atoms with Crippen molar-refractivity contribution >= 4 is 5.65 Å². The van der Waals surface area contributed by atoms with Crippen LogP contribution < -0.4 is 5.73 Å². The summed E-state index contributed by atoms with van der Waals surface area (Å²) in [5.41, 5.74) is 8.05. The van der Waals surface area contributed by atoms with Gasteiger partial charge in [0.15, 0.2) is 11.5 Å². The zero-order valence-electron chi connectivity index (χ0n) is 9.48. The molecule has 0 amide bonds. The second-order valence-electron chi connectivity index (χ2n) is 4.78. The second kappa shape index (κ2) is 3.28. The Bertz CT molecular complexity index is 519. The van der Waals surface area contributed by atoms with E-state index in [0.717, 1.165) is 24.3 Å². The van der Waals surface area contributed by atoms with Crippen LogP contribution in [0, 0.1) is 6.92 Å². The van der Waals surface area contributed by atoms with Crippen LogP contribution in [0.5, 0.6) is 0 Å². The van der Waals surface area contributed by atoms with E-state index in [1.165, 1.54) is 12.0 Å². The summed E-state index contributed by atoms with van der Waals surface area (Å²) >= 11 is 0. The first-order valence-electron chi connectivity index (χ1n) is 5.77. The molecule has 0 spiro atoms. The topological polar surface area (TPSA) is 56.2 Å². The van der Waals surface area contributed by atoms with Crippen molar-refractivity contribution in [2.75, 3.05) is 6.54 Å². The van der Waals surface area contributed by atoms with E-state index in [2.05, 4.69) is 23.1 Å². The van der Waals surface area contributed by atoms with Gasteiger partial charge >= 0.3 is 0 Å². The molecule has 1 aliphatic rings. The number of aryl methyl sites for hydroxylation is 1. The summed E-state index contributed by atoms with van der Waals surface area (Å²) in [6, 6.07) is 4.10. The molecular formula is C12H16N4. The first-order valence-corrected chi connectivity index (χ1v) is 5.77. The average Bonchev–Trinajstić information content (AvgIpc) is 2.60. The fraction of sp³-hybridized carbons (Fsp3) is 0.500. The number of pyridine rings is 1. The Morgan fingerprint density at radius 3 is 2.94 bits per heavy atom. The Labute approximate surface area is 94.5 Å². The van der Waals surface area contributed by atoms with Crippen LogP contribution in [0.3, 0.4) is 0 Å². The van der Waals surface area contributed by atoms with Crippen LogP contribution in [0.15, 0.2) is 18.3 Å². The monoisotopic (exact) mass is 216 g/mol. The molecule has 2 aromatic rings. The zero-order valence-corrected chi connectivity index (χ0v) is 9.48. The molecule has 0 radical (unpaired) electrons. The molecule has 1 saturated carbocycles. The summed E-state index contributed by atoms with van der Waals surface area (Å²) in [6.07, 6.45) is 5.45. The van der Waals surface area contributed by atoms with Gasteiger partial charge in [-0.05, 0) is 37.5 Å². The third-order valence-electron chi connectivity index (χ3n) is 3.67. The van der Waals surface area contributed by atoms with Gasteiger partial charge in [0, 0.05) is 18.2 Å². The maximum Gasteiger partial charge on any atom is 0.159 e. The van der Waals surface area contributed by atoms with E-state index in [1.807, 2.05) is 16.8 Å². The normalized spacial score (nSPS) is 18.6. The Morgan fingerprint density at radius 2 is 2.31 bits per heavy atom. The van der Waals surface area contributed by atoms with E-state index in [1.54, 1.807) is 0 Å². The number of nitrogens with zero attached hydrogens (tertiary/aromatic N) is 3. The Balaban J connectivity index is 2.11. The number of hydrogen-bond acceptors (Lipinski definition) is 3. The highest BCUT2D eigenvalue weighted by Gasteiger charge is 2.41. The summed E-state index contributed by atoms with van der Waals surface area (Å²) in [5.74, 6) is 0.923. The highest BCUT2D eigenvalue weighted by molar-refractivity contribution is 5.41. The van der Waals surface area contributed by atoms with Crippen molar-refractivity contribution in [1.29, 1.82) is 0 Å². The van der Waals surface area contributed by atoms with Gasteiger partial charge in [-0.3, -0.25) is 0 Å². The van der Waals surface area contributed by atoms with Crippen LogP contribution in [0.1, 0.15) is 30.7 Å². The zero-order chi connectivity index (χ0) is 11.2.